The molecule has 0 saturated carbocycles. The zero-order valence-electron chi connectivity index (χ0n) is 8.74. The number of halogens is 1. The molecule has 0 aliphatic carbocycles. The van der Waals surface area contributed by atoms with Gasteiger partial charge in [0.2, 0.25) is 5.91 Å². The molecule has 1 heterocycles. The van der Waals surface area contributed by atoms with Crippen LogP contribution in [0.4, 0.5) is 0 Å². The zero-order valence-corrected chi connectivity index (χ0v) is 10.3. The second-order valence-electron chi connectivity index (χ2n) is 3.43. The van der Waals surface area contributed by atoms with Gasteiger partial charge in [-0.05, 0) is 19.1 Å². The highest BCUT2D eigenvalue weighted by Crippen LogP contribution is 1.99. The van der Waals surface area contributed by atoms with Crippen molar-refractivity contribution in [1.29, 1.82) is 0 Å². The molecule has 1 atom stereocenters. The van der Waals surface area contributed by atoms with E-state index in [2.05, 4.69) is 26.2 Å². The molecule has 0 bridgehead atoms. The first-order chi connectivity index (χ1) is 7.22. The monoisotopic (exact) mass is 270 g/mol. The van der Waals surface area contributed by atoms with Gasteiger partial charge in [-0.15, -0.1) is 0 Å². The molecule has 0 saturated heterocycles. The molecule has 1 N–H and O–H groups in total. The Bertz CT molecular complexity index is 303. The minimum atomic E-state index is 0.0790. The summed E-state index contributed by atoms with van der Waals surface area (Å²) in [7, 11) is 0. The smallest absolute Gasteiger partial charge is 0.221 e. The van der Waals surface area contributed by atoms with Gasteiger partial charge in [-0.1, -0.05) is 22.0 Å². The molecule has 1 unspecified atom stereocenters. The highest BCUT2D eigenvalue weighted by molar-refractivity contribution is 9.09. The Morgan fingerprint density at radius 1 is 1.60 bits per heavy atom. The quantitative estimate of drug-likeness (QED) is 0.831. The van der Waals surface area contributed by atoms with E-state index in [9.17, 15) is 4.79 Å². The van der Waals surface area contributed by atoms with E-state index < -0.39 is 0 Å². The Balaban J connectivity index is 2.36. The summed E-state index contributed by atoms with van der Waals surface area (Å²) in [5.74, 6) is 0.0790. The number of nitrogens with one attached hydrogen (secondary N) is 1. The highest BCUT2D eigenvalue weighted by Gasteiger charge is 2.07. The lowest BCUT2D eigenvalue weighted by Gasteiger charge is -2.12. The second-order valence-corrected chi connectivity index (χ2v) is 4.23. The number of alkyl halides is 1. The van der Waals surface area contributed by atoms with Crippen molar-refractivity contribution >= 4 is 21.8 Å². The Hall–Kier alpha value is -0.900. The minimum Gasteiger partial charge on any atom is -0.353 e. The third kappa shape index (κ3) is 4.93. The lowest BCUT2D eigenvalue weighted by molar-refractivity contribution is -0.121. The number of amides is 1. The molecule has 0 aromatic carbocycles. The summed E-state index contributed by atoms with van der Waals surface area (Å²) >= 11 is 3.23. The second kappa shape index (κ2) is 6.56. The molecule has 1 rings (SSSR count). The van der Waals surface area contributed by atoms with Crippen molar-refractivity contribution in [2.75, 3.05) is 5.33 Å². The van der Waals surface area contributed by atoms with E-state index in [0.717, 1.165) is 12.1 Å². The molecule has 3 nitrogen and oxygen atoms in total. The molecule has 0 aliphatic heterocycles. The normalized spacial score (nSPS) is 12.1. The standard InChI is InChI=1S/C11H15BrN2O/c1-9(14-11(15)5-6-12)8-10-4-2-3-7-13-10/h2-4,7,9H,5-6,8H2,1H3,(H,14,15). The first-order valence-corrected chi connectivity index (χ1v) is 6.09. The fourth-order valence-electron chi connectivity index (χ4n) is 1.32. The zero-order chi connectivity index (χ0) is 11.1. The van der Waals surface area contributed by atoms with Gasteiger partial charge in [0.15, 0.2) is 0 Å². The maximum absolute atomic E-state index is 11.3. The summed E-state index contributed by atoms with van der Waals surface area (Å²) in [5, 5.41) is 3.62. The summed E-state index contributed by atoms with van der Waals surface area (Å²) in [6.07, 6.45) is 3.06. The van der Waals surface area contributed by atoms with E-state index in [1.165, 1.54) is 0 Å². The third-order valence-corrected chi connectivity index (χ3v) is 2.37. The number of rotatable bonds is 5. The van der Waals surface area contributed by atoms with Crippen molar-refractivity contribution in [3.05, 3.63) is 30.1 Å². The molecule has 4 heteroatoms. The lowest BCUT2D eigenvalue weighted by Crippen LogP contribution is -2.34. The fraction of sp³-hybridized carbons (Fsp3) is 0.455. The van der Waals surface area contributed by atoms with Crippen molar-refractivity contribution in [3.8, 4) is 0 Å². The number of hydrogen-bond acceptors (Lipinski definition) is 2. The molecule has 15 heavy (non-hydrogen) atoms. The Morgan fingerprint density at radius 3 is 3.00 bits per heavy atom. The molecule has 1 amide bonds. The minimum absolute atomic E-state index is 0.0790. The maximum Gasteiger partial charge on any atom is 0.221 e. The largest absolute Gasteiger partial charge is 0.353 e. The summed E-state index contributed by atoms with van der Waals surface area (Å²) in [5.41, 5.74) is 1.00. The first kappa shape index (κ1) is 12.2. The number of nitrogens with zero attached hydrogens (tertiary/aromatic N) is 1. The van der Waals surface area contributed by atoms with E-state index in [1.807, 2.05) is 25.1 Å². The first-order valence-electron chi connectivity index (χ1n) is 4.97. The average molecular weight is 271 g/mol. The summed E-state index contributed by atoms with van der Waals surface area (Å²) in [4.78, 5) is 15.5. The van der Waals surface area contributed by atoms with Crippen molar-refractivity contribution in [3.63, 3.8) is 0 Å². The van der Waals surface area contributed by atoms with Crippen molar-refractivity contribution in [1.82, 2.24) is 10.3 Å². The molecule has 0 aliphatic rings. The van der Waals surface area contributed by atoms with Crippen molar-refractivity contribution in [2.24, 2.45) is 0 Å². The number of carbonyl (C=O) groups excluding carboxylic acids is 1. The molecular formula is C11H15BrN2O. The Labute approximate surface area is 98.4 Å². The van der Waals surface area contributed by atoms with Gasteiger partial charge in [-0.25, -0.2) is 0 Å². The number of pyridine rings is 1. The van der Waals surface area contributed by atoms with Crippen LogP contribution in [0.25, 0.3) is 0 Å². The predicted molar refractivity (Wildman–Crippen MR) is 64.0 cm³/mol. The molecule has 0 radical (unpaired) electrons. The predicted octanol–water partition coefficient (Wildman–Crippen LogP) is 1.91. The van der Waals surface area contributed by atoms with Crippen LogP contribution < -0.4 is 5.32 Å². The van der Waals surface area contributed by atoms with Gasteiger partial charge in [-0.3, -0.25) is 9.78 Å². The maximum atomic E-state index is 11.3. The van der Waals surface area contributed by atoms with E-state index >= 15 is 0 Å². The average Bonchev–Trinajstić information content (AvgIpc) is 2.19. The van der Waals surface area contributed by atoms with Crippen molar-refractivity contribution in [2.45, 2.75) is 25.8 Å². The van der Waals surface area contributed by atoms with Crippen LogP contribution in [-0.4, -0.2) is 22.3 Å². The van der Waals surface area contributed by atoms with Gasteiger partial charge in [0, 0.05) is 36.1 Å². The summed E-state index contributed by atoms with van der Waals surface area (Å²) in [6, 6.07) is 5.94. The fourth-order valence-corrected chi connectivity index (χ4v) is 1.68. The van der Waals surface area contributed by atoms with Crippen molar-refractivity contribution < 1.29 is 4.79 Å². The van der Waals surface area contributed by atoms with Crippen LogP contribution in [0.5, 0.6) is 0 Å². The number of hydrogen-bond donors (Lipinski definition) is 1. The molecule has 0 fully saturated rings. The van der Waals surface area contributed by atoms with Gasteiger partial charge in [0.1, 0.15) is 0 Å². The van der Waals surface area contributed by atoms with Crippen LogP contribution in [-0.2, 0) is 11.2 Å². The van der Waals surface area contributed by atoms with Crippen LogP contribution in [0.2, 0.25) is 0 Å². The van der Waals surface area contributed by atoms with Gasteiger partial charge in [-0.2, -0.15) is 0 Å². The SMILES string of the molecule is CC(Cc1ccccn1)NC(=O)CCBr. The van der Waals surface area contributed by atoms with Crippen LogP contribution in [0, 0.1) is 0 Å². The van der Waals surface area contributed by atoms with E-state index in [-0.39, 0.29) is 11.9 Å². The number of aromatic nitrogens is 1. The molecule has 0 spiro atoms. The van der Waals surface area contributed by atoms with E-state index in [4.69, 9.17) is 0 Å². The Morgan fingerprint density at radius 2 is 2.40 bits per heavy atom. The highest BCUT2D eigenvalue weighted by atomic mass is 79.9. The third-order valence-electron chi connectivity index (χ3n) is 1.97. The molecule has 1 aromatic heterocycles. The topological polar surface area (TPSA) is 42.0 Å². The van der Waals surface area contributed by atoms with Crippen LogP contribution in [0.1, 0.15) is 19.0 Å². The van der Waals surface area contributed by atoms with Crippen LogP contribution in [0.3, 0.4) is 0 Å². The Kier molecular flexibility index (Phi) is 5.32. The van der Waals surface area contributed by atoms with Crippen LogP contribution in [0.15, 0.2) is 24.4 Å². The summed E-state index contributed by atoms with van der Waals surface area (Å²) in [6.45, 7) is 1.99. The molecule has 82 valence electrons. The summed E-state index contributed by atoms with van der Waals surface area (Å²) < 4.78 is 0. The van der Waals surface area contributed by atoms with Gasteiger partial charge in [0.25, 0.3) is 0 Å². The van der Waals surface area contributed by atoms with E-state index in [0.29, 0.717) is 11.8 Å². The van der Waals surface area contributed by atoms with Gasteiger partial charge >= 0.3 is 0 Å². The molecular weight excluding hydrogens is 256 g/mol. The van der Waals surface area contributed by atoms with Gasteiger partial charge in [0.05, 0.1) is 0 Å². The van der Waals surface area contributed by atoms with Gasteiger partial charge < -0.3 is 5.32 Å². The molecule has 1 aromatic rings. The van der Waals surface area contributed by atoms with Crippen LogP contribution >= 0.6 is 15.9 Å². The lowest BCUT2D eigenvalue weighted by atomic mass is 10.1. The number of carbonyl (C=O) groups is 1. The van der Waals surface area contributed by atoms with E-state index in [1.54, 1.807) is 6.20 Å².